The Morgan fingerprint density at radius 1 is 1.03 bits per heavy atom. The van der Waals surface area contributed by atoms with Crippen molar-refractivity contribution in [1.82, 2.24) is 4.98 Å². The van der Waals surface area contributed by atoms with Crippen LogP contribution in [0.1, 0.15) is 11.1 Å². The Bertz CT molecular complexity index is 1330. The number of thiazole rings is 1. The van der Waals surface area contributed by atoms with E-state index in [4.69, 9.17) is 0 Å². The van der Waals surface area contributed by atoms with Crippen molar-refractivity contribution in [2.75, 3.05) is 10.8 Å². The molecule has 0 bridgehead atoms. The molecule has 0 atom stereocenters. The number of benzene rings is 3. The molecule has 0 radical (unpaired) electrons. The first-order chi connectivity index (χ1) is 15.6. The molecule has 0 unspecified atom stereocenters. The molecule has 5 rings (SSSR count). The van der Waals surface area contributed by atoms with Gasteiger partial charge in [0.05, 0.1) is 21.5 Å². The highest BCUT2D eigenvalue weighted by atomic mass is 32.2. The van der Waals surface area contributed by atoms with E-state index < -0.39 is 0 Å². The molecule has 1 aliphatic rings. The number of rotatable bonds is 5. The second-order valence-electron chi connectivity index (χ2n) is 7.34. The maximum absolute atomic E-state index is 13.3. The number of carbonyl (C=O) groups is 1. The molecule has 0 saturated heterocycles. The van der Waals surface area contributed by atoms with Gasteiger partial charge in [-0.25, -0.2) is 9.37 Å². The molecule has 0 spiro atoms. The Morgan fingerprint density at radius 2 is 1.78 bits per heavy atom. The molecule has 1 aliphatic heterocycles. The topological polar surface area (TPSA) is 45.6 Å². The monoisotopic (exact) mass is 459 g/mol. The molecule has 158 valence electrons. The maximum Gasteiger partial charge on any atom is 0.282 e. The highest BCUT2D eigenvalue weighted by Crippen LogP contribution is 2.33. The predicted octanol–water partition coefficient (Wildman–Crippen LogP) is 6.32. The number of fused-ring (bicyclic) bond motifs is 1. The number of thioether (sulfide) groups is 1. The van der Waals surface area contributed by atoms with Gasteiger partial charge in [-0.1, -0.05) is 53.3 Å². The summed E-state index contributed by atoms with van der Waals surface area (Å²) in [5.74, 6) is -0.0128. The zero-order valence-corrected chi connectivity index (χ0v) is 18.8. The van der Waals surface area contributed by atoms with Gasteiger partial charge in [-0.2, -0.15) is 10.1 Å². The lowest BCUT2D eigenvalue weighted by Crippen LogP contribution is -2.21. The molecule has 0 N–H and O–H groups in total. The number of aryl methyl sites for hydroxylation is 1. The SMILES string of the molecule is Cc1ccc(SCC2=NN(c3nc4ccccc4s3)C(=O)C2=Cc2ccc(F)cc2)cc1. The van der Waals surface area contributed by atoms with Gasteiger partial charge in [-0.05, 0) is 55.0 Å². The van der Waals surface area contributed by atoms with Gasteiger partial charge in [0.1, 0.15) is 5.82 Å². The van der Waals surface area contributed by atoms with Crippen LogP contribution in [0.5, 0.6) is 0 Å². The minimum atomic E-state index is -0.315. The van der Waals surface area contributed by atoms with Crippen molar-refractivity contribution in [3.8, 4) is 0 Å². The molecule has 4 nitrogen and oxygen atoms in total. The van der Waals surface area contributed by atoms with Crippen LogP contribution in [0.2, 0.25) is 0 Å². The second-order valence-corrected chi connectivity index (χ2v) is 9.40. The van der Waals surface area contributed by atoms with E-state index in [1.165, 1.54) is 34.0 Å². The Labute approximate surface area is 193 Å². The number of carbonyl (C=O) groups excluding carboxylic acids is 1. The van der Waals surface area contributed by atoms with Crippen LogP contribution in [0.3, 0.4) is 0 Å². The van der Waals surface area contributed by atoms with E-state index in [1.807, 2.05) is 31.2 Å². The normalized spacial score (nSPS) is 15.1. The fourth-order valence-corrected chi connectivity index (χ4v) is 5.06. The lowest BCUT2D eigenvalue weighted by Gasteiger charge is -2.06. The van der Waals surface area contributed by atoms with E-state index in [0.717, 1.165) is 20.7 Å². The van der Waals surface area contributed by atoms with E-state index in [2.05, 4.69) is 34.4 Å². The summed E-state index contributed by atoms with van der Waals surface area (Å²) < 4.78 is 14.3. The highest BCUT2D eigenvalue weighted by Gasteiger charge is 2.33. The van der Waals surface area contributed by atoms with Crippen molar-refractivity contribution in [2.45, 2.75) is 11.8 Å². The molecule has 0 fully saturated rings. The fourth-order valence-electron chi connectivity index (χ4n) is 3.30. The third kappa shape index (κ3) is 4.22. The molecule has 1 amide bonds. The van der Waals surface area contributed by atoms with Crippen molar-refractivity contribution >= 4 is 56.1 Å². The van der Waals surface area contributed by atoms with Crippen LogP contribution in [0.25, 0.3) is 16.3 Å². The zero-order chi connectivity index (χ0) is 22.1. The predicted molar refractivity (Wildman–Crippen MR) is 131 cm³/mol. The van der Waals surface area contributed by atoms with Crippen LogP contribution in [0.4, 0.5) is 9.52 Å². The van der Waals surface area contributed by atoms with Crippen LogP contribution < -0.4 is 5.01 Å². The number of amides is 1. The quantitative estimate of drug-likeness (QED) is 0.259. The van der Waals surface area contributed by atoms with Gasteiger partial charge in [0.2, 0.25) is 5.13 Å². The summed E-state index contributed by atoms with van der Waals surface area (Å²) in [4.78, 5) is 19.0. The number of anilines is 1. The molecule has 3 aromatic carbocycles. The standard InChI is InChI=1S/C25H18FN3OS2/c1-16-6-12-19(13-7-16)31-15-22-20(14-17-8-10-18(26)11-9-17)24(30)29(28-22)25-27-21-4-2-3-5-23(21)32-25/h2-14H,15H2,1H3. The summed E-state index contributed by atoms with van der Waals surface area (Å²) in [5, 5.41) is 6.57. The highest BCUT2D eigenvalue weighted by molar-refractivity contribution is 8.00. The molecule has 4 aromatic rings. The number of hydrogen-bond acceptors (Lipinski definition) is 5. The Hall–Kier alpha value is -3.29. The van der Waals surface area contributed by atoms with Crippen LogP contribution >= 0.6 is 23.1 Å². The number of para-hydroxylation sites is 1. The first kappa shape index (κ1) is 20.6. The van der Waals surface area contributed by atoms with E-state index in [-0.39, 0.29) is 11.7 Å². The van der Waals surface area contributed by atoms with Crippen molar-refractivity contribution in [2.24, 2.45) is 5.10 Å². The average Bonchev–Trinajstić information content (AvgIpc) is 3.36. The fraction of sp³-hybridized carbons (Fsp3) is 0.0800. The van der Waals surface area contributed by atoms with Gasteiger partial charge in [-0.15, -0.1) is 11.8 Å². The molecule has 2 heterocycles. The maximum atomic E-state index is 13.3. The Balaban J connectivity index is 1.49. The van der Waals surface area contributed by atoms with Crippen LogP contribution in [0, 0.1) is 12.7 Å². The van der Waals surface area contributed by atoms with Crippen molar-refractivity contribution in [1.29, 1.82) is 0 Å². The molecular formula is C25H18FN3OS2. The first-order valence-corrected chi connectivity index (χ1v) is 11.8. The van der Waals surface area contributed by atoms with Crippen molar-refractivity contribution in [3.63, 3.8) is 0 Å². The molecule has 7 heteroatoms. The second kappa shape index (κ2) is 8.68. The minimum absolute atomic E-state index is 0.229. The summed E-state index contributed by atoms with van der Waals surface area (Å²) in [5.41, 5.74) is 3.94. The van der Waals surface area contributed by atoms with Crippen LogP contribution in [-0.4, -0.2) is 22.4 Å². The Kier molecular flexibility index (Phi) is 5.59. The number of aromatic nitrogens is 1. The summed E-state index contributed by atoms with van der Waals surface area (Å²) in [7, 11) is 0. The van der Waals surface area contributed by atoms with Gasteiger partial charge in [-0.3, -0.25) is 4.79 Å². The van der Waals surface area contributed by atoms with Gasteiger partial charge >= 0.3 is 0 Å². The number of nitrogens with zero attached hydrogens (tertiary/aromatic N) is 3. The molecule has 0 saturated carbocycles. The first-order valence-electron chi connectivity index (χ1n) is 10.0. The third-order valence-electron chi connectivity index (χ3n) is 5.00. The average molecular weight is 460 g/mol. The largest absolute Gasteiger partial charge is 0.282 e. The summed E-state index contributed by atoms with van der Waals surface area (Å²) in [6.45, 7) is 2.05. The van der Waals surface area contributed by atoms with Crippen LogP contribution in [-0.2, 0) is 4.79 Å². The summed E-state index contributed by atoms with van der Waals surface area (Å²) in [6, 6.07) is 22.1. The van der Waals surface area contributed by atoms with Gasteiger partial charge < -0.3 is 0 Å². The number of hydrogen-bond donors (Lipinski definition) is 0. The van der Waals surface area contributed by atoms with E-state index >= 15 is 0 Å². The molecule has 32 heavy (non-hydrogen) atoms. The number of hydrazone groups is 1. The van der Waals surface area contributed by atoms with E-state index in [1.54, 1.807) is 30.0 Å². The minimum Gasteiger partial charge on any atom is -0.267 e. The van der Waals surface area contributed by atoms with Crippen molar-refractivity contribution < 1.29 is 9.18 Å². The van der Waals surface area contributed by atoms with E-state index in [9.17, 15) is 9.18 Å². The summed E-state index contributed by atoms with van der Waals surface area (Å²) in [6.07, 6.45) is 1.77. The molecule has 1 aromatic heterocycles. The lowest BCUT2D eigenvalue weighted by atomic mass is 10.1. The smallest absolute Gasteiger partial charge is 0.267 e. The van der Waals surface area contributed by atoms with Gasteiger partial charge in [0.15, 0.2) is 0 Å². The Morgan fingerprint density at radius 3 is 2.53 bits per heavy atom. The summed E-state index contributed by atoms with van der Waals surface area (Å²) >= 11 is 3.05. The van der Waals surface area contributed by atoms with Gasteiger partial charge in [0.25, 0.3) is 5.91 Å². The molecule has 0 aliphatic carbocycles. The number of halogens is 1. The third-order valence-corrected chi connectivity index (χ3v) is 7.03. The van der Waals surface area contributed by atoms with Crippen molar-refractivity contribution in [3.05, 3.63) is 95.3 Å². The van der Waals surface area contributed by atoms with Crippen LogP contribution in [0.15, 0.2) is 88.4 Å². The zero-order valence-electron chi connectivity index (χ0n) is 17.2. The lowest BCUT2D eigenvalue weighted by molar-refractivity contribution is -0.114. The molecular weight excluding hydrogens is 441 g/mol. The van der Waals surface area contributed by atoms with Gasteiger partial charge in [0, 0.05) is 10.6 Å². The van der Waals surface area contributed by atoms with E-state index in [0.29, 0.717) is 22.2 Å².